The van der Waals surface area contributed by atoms with Gasteiger partial charge in [-0.3, -0.25) is 4.79 Å². The highest BCUT2D eigenvalue weighted by atomic mass is 35.5. The van der Waals surface area contributed by atoms with E-state index >= 15 is 0 Å². The van der Waals surface area contributed by atoms with Crippen LogP contribution in [0.1, 0.15) is 31.0 Å². The fourth-order valence-electron chi connectivity index (χ4n) is 4.67. The second kappa shape index (κ2) is 12.6. The van der Waals surface area contributed by atoms with Gasteiger partial charge in [0.05, 0.1) is 42.1 Å². The van der Waals surface area contributed by atoms with Crippen LogP contribution >= 0.6 is 23.2 Å². The van der Waals surface area contributed by atoms with Gasteiger partial charge in [-0.2, -0.15) is 10.1 Å². The van der Waals surface area contributed by atoms with E-state index in [9.17, 15) is 4.79 Å². The summed E-state index contributed by atoms with van der Waals surface area (Å²) < 4.78 is 24.5. The lowest BCUT2D eigenvalue weighted by Crippen LogP contribution is -2.31. The second-order valence-electron chi connectivity index (χ2n) is 9.29. The molecule has 1 aliphatic rings. The molecule has 4 aromatic rings. The molecule has 0 saturated carbocycles. The van der Waals surface area contributed by atoms with Crippen LogP contribution in [0.2, 0.25) is 10.0 Å². The monoisotopic (exact) mass is 609 g/mol. The molecule has 0 aliphatic carbocycles. The van der Waals surface area contributed by atoms with Gasteiger partial charge in [0.2, 0.25) is 5.95 Å². The molecule has 2 N–H and O–H groups in total. The molecule has 0 radical (unpaired) electrons. The lowest BCUT2D eigenvalue weighted by Gasteiger charge is -2.29. The highest BCUT2D eigenvalue weighted by Crippen LogP contribution is 2.40. The Hall–Kier alpha value is -4.41. The Labute approximate surface area is 253 Å². The molecule has 218 valence electrons. The predicted octanol–water partition coefficient (Wildman–Crippen LogP) is 6.51. The van der Waals surface area contributed by atoms with Gasteiger partial charge < -0.3 is 29.6 Å². The molecule has 42 heavy (non-hydrogen) atoms. The molecule has 0 bridgehead atoms. The number of nitrogens with one attached hydrogen (secondary N) is 2. The van der Waals surface area contributed by atoms with Gasteiger partial charge in [0.1, 0.15) is 30.5 Å². The van der Waals surface area contributed by atoms with Gasteiger partial charge in [0.15, 0.2) is 11.5 Å². The number of rotatable bonds is 10. The summed E-state index contributed by atoms with van der Waals surface area (Å²) in [4.78, 5) is 18.2. The molecule has 1 amide bonds. The number of halogens is 2. The van der Waals surface area contributed by atoms with Crippen LogP contribution in [0.4, 0.5) is 11.6 Å². The topological polar surface area (TPSA) is 109 Å². The molecular weight excluding hydrogens is 581 g/mol. The van der Waals surface area contributed by atoms with Gasteiger partial charge in [-0.15, -0.1) is 0 Å². The number of benzene rings is 3. The summed E-state index contributed by atoms with van der Waals surface area (Å²) in [5, 5.41) is 11.5. The Morgan fingerprint density at radius 3 is 2.52 bits per heavy atom. The van der Waals surface area contributed by atoms with Crippen LogP contribution in [0.3, 0.4) is 0 Å². The molecule has 1 aromatic heterocycles. The Kier molecular flexibility index (Phi) is 8.75. The average Bonchev–Trinajstić information content (AvgIpc) is 3.45. The Morgan fingerprint density at radius 2 is 1.79 bits per heavy atom. The zero-order valence-corrected chi connectivity index (χ0v) is 24.9. The molecule has 5 rings (SSSR count). The number of ether oxygens (including phenoxy) is 4. The smallest absolute Gasteiger partial charge is 0.255 e. The van der Waals surface area contributed by atoms with Crippen molar-refractivity contribution in [1.29, 1.82) is 0 Å². The van der Waals surface area contributed by atoms with Crippen LogP contribution < -0.4 is 29.6 Å². The van der Waals surface area contributed by atoms with Crippen LogP contribution in [0, 0.1) is 0 Å². The van der Waals surface area contributed by atoms with E-state index in [4.69, 9.17) is 42.1 Å². The van der Waals surface area contributed by atoms with E-state index in [1.54, 1.807) is 42.1 Å². The number of aromatic nitrogens is 3. The summed E-state index contributed by atoms with van der Waals surface area (Å²) in [6.45, 7) is 4.37. The fraction of sp³-hybridized carbons (Fsp3) is 0.233. The van der Waals surface area contributed by atoms with Gasteiger partial charge in [-0.1, -0.05) is 35.3 Å². The SMILES string of the molecule is CCOc1cc([C@@H]2C(C(=O)Nc3cc(OC)ccc3OC)=C(C)Nc3ncnn32)ccc1OCc1ccc(Cl)c(Cl)c1. The summed E-state index contributed by atoms with van der Waals surface area (Å²) in [5.74, 6) is 2.27. The highest BCUT2D eigenvalue weighted by Gasteiger charge is 2.34. The maximum Gasteiger partial charge on any atom is 0.255 e. The lowest BCUT2D eigenvalue weighted by molar-refractivity contribution is -0.113. The third-order valence-electron chi connectivity index (χ3n) is 6.66. The van der Waals surface area contributed by atoms with E-state index in [-0.39, 0.29) is 12.5 Å². The predicted molar refractivity (Wildman–Crippen MR) is 161 cm³/mol. The Balaban J connectivity index is 1.49. The van der Waals surface area contributed by atoms with Crippen molar-refractivity contribution >= 4 is 40.7 Å². The summed E-state index contributed by atoms with van der Waals surface area (Å²) in [5.41, 5.74) is 3.12. The van der Waals surface area contributed by atoms with Crippen LogP contribution in [-0.4, -0.2) is 41.5 Å². The Morgan fingerprint density at radius 1 is 0.976 bits per heavy atom. The number of allylic oxidation sites excluding steroid dienone is 1. The molecule has 3 aromatic carbocycles. The maximum atomic E-state index is 13.9. The third kappa shape index (κ3) is 5.95. The number of carbonyl (C=O) groups excluding carboxylic acids is 1. The van der Waals surface area contributed by atoms with E-state index in [2.05, 4.69) is 20.7 Å². The normalized spacial score (nSPS) is 14.1. The summed E-state index contributed by atoms with van der Waals surface area (Å²) in [6, 6.07) is 15.4. The summed E-state index contributed by atoms with van der Waals surface area (Å²) >= 11 is 12.2. The zero-order chi connectivity index (χ0) is 29.8. The molecule has 0 fully saturated rings. The Bertz CT molecular complexity index is 1660. The molecule has 1 atom stereocenters. The van der Waals surface area contributed by atoms with Crippen molar-refractivity contribution in [2.24, 2.45) is 0 Å². The fourth-order valence-corrected chi connectivity index (χ4v) is 4.99. The number of nitrogens with zero attached hydrogens (tertiary/aromatic N) is 3. The minimum Gasteiger partial charge on any atom is -0.497 e. The lowest BCUT2D eigenvalue weighted by atomic mass is 9.94. The van der Waals surface area contributed by atoms with Crippen molar-refractivity contribution in [3.63, 3.8) is 0 Å². The van der Waals surface area contributed by atoms with Crippen molar-refractivity contribution < 1.29 is 23.7 Å². The number of amides is 1. The van der Waals surface area contributed by atoms with Crippen molar-refractivity contribution in [3.8, 4) is 23.0 Å². The third-order valence-corrected chi connectivity index (χ3v) is 7.39. The number of carbonyl (C=O) groups is 1. The van der Waals surface area contributed by atoms with Gasteiger partial charge >= 0.3 is 0 Å². The van der Waals surface area contributed by atoms with E-state index in [1.807, 2.05) is 38.1 Å². The van der Waals surface area contributed by atoms with Gasteiger partial charge in [-0.05, 0) is 61.4 Å². The molecule has 0 spiro atoms. The molecule has 12 heteroatoms. The number of anilines is 2. The van der Waals surface area contributed by atoms with Gasteiger partial charge in [0.25, 0.3) is 5.91 Å². The second-order valence-corrected chi connectivity index (χ2v) is 10.1. The van der Waals surface area contributed by atoms with Crippen LogP contribution in [0.25, 0.3) is 0 Å². The minimum atomic E-state index is -0.622. The van der Waals surface area contributed by atoms with Crippen LogP contribution in [0.15, 0.2) is 72.2 Å². The average molecular weight is 610 g/mol. The van der Waals surface area contributed by atoms with Gasteiger partial charge in [-0.25, -0.2) is 4.68 Å². The largest absolute Gasteiger partial charge is 0.497 e. The first-order chi connectivity index (χ1) is 20.3. The maximum absolute atomic E-state index is 13.9. The quantitative estimate of drug-likeness (QED) is 0.209. The van der Waals surface area contributed by atoms with Gasteiger partial charge in [0, 0.05) is 11.8 Å². The first-order valence-corrected chi connectivity index (χ1v) is 13.8. The molecule has 10 nitrogen and oxygen atoms in total. The highest BCUT2D eigenvalue weighted by molar-refractivity contribution is 6.42. The standard InChI is InChI=1S/C30H29Cl2N5O5/c1-5-41-26-13-19(7-10-25(26)42-15-18-6-9-21(31)22(32)12-18)28-27(17(2)35-30-33-16-34-37(28)30)29(38)36-23-14-20(39-3)8-11-24(23)40-4/h6-14,16,28H,5,15H2,1-4H3,(H,36,38)(H,33,34,35)/t28-/m1/s1. The molecule has 0 saturated heterocycles. The first kappa shape index (κ1) is 29.1. The number of hydrogen-bond donors (Lipinski definition) is 2. The summed E-state index contributed by atoms with van der Waals surface area (Å²) in [6.07, 6.45) is 1.44. The minimum absolute atomic E-state index is 0.256. The van der Waals surface area contributed by atoms with Crippen molar-refractivity contribution in [1.82, 2.24) is 14.8 Å². The molecule has 2 heterocycles. The molecular formula is C30H29Cl2N5O5. The van der Waals surface area contributed by atoms with E-state index in [0.29, 0.717) is 62.6 Å². The molecule has 1 aliphatic heterocycles. The van der Waals surface area contributed by atoms with E-state index in [1.165, 1.54) is 13.4 Å². The zero-order valence-electron chi connectivity index (χ0n) is 23.4. The van der Waals surface area contributed by atoms with Crippen molar-refractivity contribution in [2.75, 3.05) is 31.5 Å². The first-order valence-electron chi connectivity index (χ1n) is 13.1. The summed E-state index contributed by atoms with van der Waals surface area (Å²) in [7, 11) is 3.09. The van der Waals surface area contributed by atoms with E-state index < -0.39 is 6.04 Å². The van der Waals surface area contributed by atoms with Crippen molar-refractivity contribution in [2.45, 2.75) is 26.5 Å². The number of hydrogen-bond acceptors (Lipinski definition) is 8. The van der Waals surface area contributed by atoms with E-state index in [0.717, 1.165) is 11.1 Å². The molecule has 0 unspecified atom stereocenters. The van der Waals surface area contributed by atoms with Crippen LogP contribution in [0.5, 0.6) is 23.0 Å². The number of methoxy groups -OCH3 is 2. The van der Waals surface area contributed by atoms with Crippen LogP contribution in [-0.2, 0) is 11.4 Å². The van der Waals surface area contributed by atoms with Crippen molar-refractivity contribution in [3.05, 3.63) is 93.4 Å². The number of fused-ring (bicyclic) bond motifs is 1.